The van der Waals surface area contributed by atoms with Crippen LogP contribution in [0.4, 0.5) is 0 Å². The number of rotatable bonds is 6. The molecule has 0 heterocycles. The fourth-order valence-electron chi connectivity index (χ4n) is 4.33. The van der Waals surface area contributed by atoms with Crippen molar-refractivity contribution in [3.05, 3.63) is 94.5 Å². The molecule has 1 aliphatic rings. The molecule has 0 aromatic heterocycles. The van der Waals surface area contributed by atoms with Gasteiger partial charge in [-0.15, -0.1) is 0 Å². The van der Waals surface area contributed by atoms with Gasteiger partial charge in [-0.3, -0.25) is 0 Å². The van der Waals surface area contributed by atoms with Crippen LogP contribution in [0.15, 0.2) is 72.8 Å². The third kappa shape index (κ3) is 4.12. The molecule has 0 spiro atoms. The Morgan fingerprint density at radius 1 is 0.852 bits per heavy atom. The molecule has 1 heteroatoms. The summed E-state index contributed by atoms with van der Waals surface area (Å²) in [6, 6.07) is 26.1. The number of halogens is 1. The molecule has 0 aliphatic heterocycles. The van der Waals surface area contributed by atoms with E-state index in [1.165, 1.54) is 35.1 Å². The summed E-state index contributed by atoms with van der Waals surface area (Å²) >= 11 is 6.12. The third-order valence-corrected chi connectivity index (χ3v) is 6.01. The largest absolute Gasteiger partial charge is 0.0843 e. The van der Waals surface area contributed by atoms with E-state index in [-0.39, 0.29) is 0 Å². The summed E-state index contributed by atoms with van der Waals surface area (Å²) in [6.45, 7) is 4.65. The number of hydrogen-bond donors (Lipinski definition) is 0. The van der Waals surface area contributed by atoms with Crippen molar-refractivity contribution >= 4 is 11.6 Å². The minimum Gasteiger partial charge on any atom is -0.0843 e. The van der Waals surface area contributed by atoms with E-state index in [2.05, 4.69) is 74.5 Å². The van der Waals surface area contributed by atoms with Gasteiger partial charge in [0.05, 0.1) is 0 Å². The zero-order valence-electron chi connectivity index (χ0n) is 16.2. The van der Waals surface area contributed by atoms with Crippen LogP contribution in [-0.2, 0) is 6.42 Å². The summed E-state index contributed by atoms with van der Waals surface area (Å²) in [7, 11) is 0. The highest BCUT2D eigenvalue weighted by Crippen LogP contribution is 2.47. The van der Waals surface area contributed by atoms with Crippen LogP contribution in [0, 0.1) is 5.92 Å². The van der Waals surface area contributed by atoms with Gasteiger partial charge in [0, 0.05) is 5.02 Å². The molecular weight excluding hydrogens is 348 g/mol. The molecule has 1 aliphatic carbocycles. The van der Waals surface area contributed by atoms with Crippen LogP contribution >= 0.6 is 11.6 Å². The van der Waals surface area contributed by atoms with Crippen molar-refractivity contribution in [1.82, 2.24) is 0 Å². The first-order valence-corrected chi connectivity index (χ1v) is 10.4. The van der Waals surface area contributed by atoms with E-state index in [4.69, 9.17) is 11.6 Å². The summed E-state index contributed by atoms with van der Waals surface area (Å²) in [6.07, 6.45) is 3.86. The highest BCUT2D eigenvalue weighted by atomic mass is 35.5. The van der Waals surface area contributed by atoms with Crippen LogP contribution in [0.5, 0.6) is 0 Å². The summed E-state index contributed by atoms with van der Waals surface area (Å²) in [5.74, 6) is 1.92. The van der Waals surface area contributed by atoms with Crippen molar-refractivity contribution < 1.29 is 0 Å². The van der Waals surface area contributed by atoms with Crippen LogP contribution in [-0.4, -0.2) is 0 Å². The van der Waals surface area contributed by atoms with Gasteiger partial charge in [0.15, 0.2) is 0 Å². The quantitative estimate of drug-likeness (QED) is 0.411. The van der Waals surface area contributed by atoms with E-state index in [1.807, 2.05) is 12.1 Å². The molecule has 27 heavy (non-hydrogen) atoms. The summed E-state index contributed by atoms with van der Waals surface area (Å²) in [5, 5.41) is 0.793. The highest BCUT2D eigenvalue weighted by molar-refractivity contribution is 6.30. The van der Waals surface area contributed by atoms with E-state index >= 15 is 0 Å². The normalized spacial score (nSPS) is 15.1. The Morgan fingerprint density at radius 3 is 2.19 bits per heavy atom. The van der Waals surface area contributed by atoms with Gasteiger partial charge in [-0.2, -0.15) is 0 Å². The Morgan fingerprint density at radius 2 is 1.56 bits per heavy atom. The summed E-state index contributed by atoms with van der Waals surface area (Å²) in [4.78, 5) is 0. The fraction of sp³-hybridized carbons (Fsp3) is 0.308. The summed E-state index contributed by atoms with van der Waals surface area (Å²) < 4.78 is 0. The average molecular weight is 375 g/mol. The molecule has 1 fully saturated rings. The Kier molecular flexibility index (Phi) is 5.36. The van der Waals surface area contributed by atoms with Crippen molar-refractivity contribution in [1.29, 1.82) is 0 Å². The van der Waals surface area contributed by atoms with Crippen LogP contribution in [0.1, 0.15) is 55.2 Å². The first-order valence-electron chi connectivity index (χ1n) is 10.1. The number of hydrogen-bond acceptors (Lipinski definition) is 0. The lowest BCUT2D eigenvalue weighted by atomic mass is 9.79. The molecule has 0 radical (unpaired) electrons. The van der Waals surface area contributed by atoms with E-state index in [0.29, 0.717) is 11.8 Å². The standard InChI is InChI=1S/C26H27Cl/c1-18(2)26-23(20-13-15-22(27)16-14-20)9-6-10-24(26)25(21-11-12-21)17-19-7-4-3-5-8-19/h3-10,13-16,18,21,25H,11-12,17H2,1-2H3. The monoisotopic (exact) mass is 374 g/mol. The van der Waals surface area contributed by atoms with Crippen molar-refractivity contribution in [2.45, 2.75) is 44.9 Å². The van der Waals surface area contributed by atoms with Gasteiger partial charge >= 0.3 is 0 Å². The molecule has 138 valence electrons. The molecule has 3 aromatic carbocycles. The van der Waals surface area contributed by atoms with Gasteiger partial charge in [0.2, 0.25) is 0 Å². The van der Waals surface area contributed by atoms with Gasteiger partial charge in [0.1, 0.15) is 0 Å². The molecule has 1 unspecified atom stereocenters. The zero-order valence-corrected chi connectivity index (χ0v) is 16.9. The molecule has 0 saturated heterocycles. The second-order valence-electron chi connectivity index (χ2n) is 8.10. The van der Waals surface area contributed by atoms with Crippen LogP contribution in [0.25, 0.3) is 11.1 Å². The highest BCUT2D eigenvalue weighted by Gasteiger charge is 2.34. The smallest absolute Gasteiger partial charge is 0.0406 e. The van der Waals surface area contributed by atoms with Gasteiger partial charge in [-0.05, 0) is 77.0 Å². The first-order chi connectivity index (χ1) is 13.1. The van der Waals surface area contributed by atoms with Crippen LogP contribution in [0.2, 0.25) is 5.02 Å². The topological polar surface area (TPSA) is 0 Å². The lowest BCUT2D eigenvalue weighted by molar-refractivity contribution is 0.592. The predicted molar refractivity (Wildman–Crippen MR) is 117 cm³/mol. The van der Waals surface area contributed by atoms with Crippen molar-refractivity contribution in [3.8, 4) is 11.1 Å². The first kappa shape index (κ1) is 18.3. The molecule has 0 amide bonds. The molecular formula is C26H27Cl. The van der Waals surface area contributed by atoms with E-state index in [9.17, 15) is 0 Å². The predicted octanol–water partition coefficient (Wildman–Crippen LogP) is 7.87. The molecule has 0 bridgehead atoms. The Labute approximate surface area is 168 Å². The molecule has 0 nitrogen and oxygen atoms in total. The zero-order chi connectivity index (χ0) is 18.8. The molecule has 1 atom stereocenters. The molecule has 0 N–H and O–H groups in total. The van der Waals surface area contributed by atoms with Crippen LogP contribution in [0.3, 0.4) is 0 Å². The Bertz CT molecular complexity index is 889. The third-order valence-electron chi connectivity index (χ3n) is 5.76. The van der Waals surface area contributed by atoms with Gasteiger partial charge in [-0.25, -0.2) is 0 Å². The lowest BCUT2D eigenvalue weighted by Gasteiger charge is -2.25. The summed E-state index contributed by atoms with van der Waals surface area (Å²) in [5.41, 5.74) is 7.12. The van der Waals surface area contributed by atoms with E-state index < -0.39 is 0 Å². The molecule has 4 rings (SSSR count). The minimum atomic E-state index is 0.490. The fourth-order valence-corrected chi connectivity index (χ4v) is 4.46. The lowest BCUT2D eigenvalue weighted by Crippen LogP contribution is -2.10. The SMILES string of the molecule is CC(C)c1c(-c2ccc(Cl)cc2)cccc1C(Cc1ccccc1)C1CC1. The van der Waals surface area contributed by atoms with E-state index in [1.54, 1.807) is 5.56 Å². The maximum Gasteiger partial charge on any atom is 0.0406 e. The Balaban J connectivity index is 1.78. The van der Waals surface area contributed by atoms with Crippen molar-refractivity contribution in [3.63, 3.8) is 0 Å². The maximum atomic E-state index is 6.12. The van der Waals surface area contributed by atoms with Gasteiger partial charge in [0.25, 0.3) is 0 Å². The Hall–Kier alpha value is -2.05. The van der Waals surface area contributed by atoms with Crippen LogP contribution < -0.4 is 0 Å². The van der Waals surface area contributed by atoms with Gasteiger partial charge < -0.3 is 0 Å². The van der Waals surface area contributed by atoms with E-state index in [0.717, 1.165) is 17.4 Å². The molecule has 1 saturated carbocycles. The van der Waals surface area contributed by atoms with Gasteiger partial charge in [-0.1, -0.05) is 86.1 Å². The number of benzene rings is 3. The minimum absolute atomic E-state index is 0.490. The maximum absolute atomic E-state index is 6.12. The second-order valence-corrected chi connectivity index (χ2v) is 8.54. The second kappa shape index (κ2) is 7.90. The van der Waals surface area contributed by atoms with Crippen molar-refractivity contribution in [2.75, 3.05) is 0 Å². The average Bonchev–Trinajstić information content (AvgIpc) is 3.52. The van der Waals surface area contributed by atoms with Crippen molar-refractivity contribution in [2.24, 2.45) is 5.92 Å². The molecule has 3 aromatic rings.